The van der Waals surface area contributed by atoms with Crippen LogP contribution in [-0.4, -0.2) is 38.6 Å². The summed E-state index contributed by atoms with van der Waals surface area (Å²) in [7, 11) is -2.18. The van der Waals surface area contributed by atoms with Crippen molar-refractivity contribution in [3.8, 4) is 5.75 Å². The molecule has 0 spiro atoms. The van der Waals surface area contributed by atoms with Crippen molar-refractivity contribution in [3.05, 3.63) is 59.2 Å². The summed E-state index contributed by atoms with van der Waals surface area (Å²) in [6, 6.07) is 10.3. The molecule has 0 atom stereocenters. The molecule has 3 N–H and O–H groups in total. The minimum atomic E-state index is -3.56. The van der Waals surface area contributed by atoms with Crippen LogP contribution in [0.15, 0.2) is 47.4 Å². The molecule has 0 unspecified atom stereocenters. The van der Waals surface area contributed by atoms with Crippen LogP contribution in [0.25, 0.3) is 0 Å². The van der Waals surface area contributed by atoms with Crippen LogP contribution in [0.4, 0.5) is 0 Å². The molecule has 8 nitrogen and oxygen atoms in total. The SMILES string of the molecule is COc1ccc(CNC(=O)c2ccc(S(=O)(=O)NC3CC3)cc2)cc1C(=O)O. The summed E-state index contributed by atoms with van der Waals surface area (Å²) in [5.74, 6) is -1.28. The Hall–Kier alpha value is -2.91. The molecule has 1 aliphatic carbocycles. The highest BCUT2D eigenvalue weighted by molar-refractivity contribution is 7.89. The zero-order valence-corrected chi connectivity index (χ0v) is 16.0. The molecule has 9 heteroatoms. The molecule has 0 saturated heterocycles. The van der Waals surface area contributed by atoms with Crippen molar-refractivity contribution in [2.45, 2.75) is 30.3 Å². The second-order valence-corrected chi connectivity index (χ2v) is 8.16. The fourth-order valence-corrected chi connectivity index (χ4v) is 3.90. The molecule has 3 rings (SSSR count). The predicted octanol–water partition coefficient (Wildman–Crippen LogP) is 1.76. The van der Waals surface area contributed by atoms with Crippen molar-refractivity contribution in [1.29, 1.82) is 0 Å². The highest BCUT2D eigenvalue weighted by Crippen LogP contribution is 2.22. The lowest BCUT2D eigenvalue weighted by Gasteiger charge is -2.10. The Kier molecular flexibility index (Phi) is 5.66. The summed E-state index contributed by atoms with van der Waals surface area (Å²) in [6.07, 6.45) is 1.68. The van der Waals surface area contributed by atoms with Crippen molar-refractivity contribution >= 4 is 21.9 Å². The highest BCUT2D eigenvalue weighted by Gasteiger charge is 2.28. The number of carbonyl (C=O) groups is 2. The summed E-state index contributed by atoms with van der Waals surface area (Å²) in [5, 5.41) is 11.9. The van der Waals surface area contributed by atoms with Gasteiger partial charge in [0.15, 0.2) is 0 Å². The van der Waals surface area contributed by atoms with E-state index in [1.807, 2.05) is 0 Å². The quantitative estimate of drug-likeness (QED) is 0.616. The van der Waals surface area contributed by atoms with Gasteiger partial charge in [0.05, 0.1) is 12.0 Å². The average molecular weight is 404 g/mol. The van der Waals surface area contributed by atoms with Gasteiger partial charge in [0.1, 0.15) is 11.3 Å². The summed E-state index contributed by atoms with van der Waals surface area (Å²) in [4.78, 5) is 23.7. The second-order valence-electron chi connectivity index (χ2n) is 6.44. The van der Waals surface area contributed by atoms with Gasteiger partial charge in [0.2, 0.25) is 10.0 Å². The molecule has 0 aliphatic heterocycles. The zero-order valence-electron chi connectivity index (χ0n) is 15.1. The zero-order chi connectivity index (χ0) is 20.3. The van der Waals surface area contributed by atoms with Gasteiger partial charge in [-0.15, -0.1) is 0 Å². The minimum absolute atomic E-state index is 0.00645. The van der Waals surface area contributed by atoms with Crippen LogP contribution in [-0.2, 0) is 16.6 Å². The van der Waals surface area contributed by atoms with Gasteiger partial charge in [-0.1, -0.05) is 6.07 Å². The lowest BCUT2D eigenvalue weighted by molar-refractivity contribution is 0.0693. The smallest absolute Gasteiger partial charge is 0.339 e. The van der Waals surface area contributed by atoms with E-state index in [1.165, 1.54) is 43.5 Å². The van der Waals surface area contributed by atoms with Gasteiger partial charge in [0, 0.05) is 18.2 Å². The fraction of sp³-hybridized carbons (Fsp3) is 0.263. The van der Waals surface area contributed by atoms with Crippen molar-refractivity contribution in [3.63, 3.8) is 0 Å². The van der Waals surface area contributed by atoms with Crippen LogP contribution >= 0.6 is 0 Å². The van der Waals surface area contributed by atoms with Gasteiger partial charge in [-0.2, -0.15) is 0 Å². The Labute approximate surface area is 162 Å². The molecule has 0 radical (unpaired) electrons. The maximum absolute atomic E-state index is 12.3. The third-order valence-corrected chi connectivity index (χ3v) is 5.81. The first-order valence-corrected chi connectivity index (χ1v) is 10.1. The van der Waals surface area contributed by atoms with Crippen LogP contribution in [0, 0.1) is 0 Å². The van der Waals surface area contributed by atoms with E-state index in [4.69, 9.17) is 4.74 Å². The van der Waals surface area contributed by atoms with E-state index in [2.05, 4.69) is 10.0 Å². The van der Waals surface area contributed by atoms with Gasteiger partial charge in [-0.25, -0.2) is 17.9 Å². The number of rotatable bonds is 8. The highest BCUT2D eigenvalue weighted by atomic mass is 32.2. The summed E-state index contributed by atoms with van der Waals surface area (Å²) in [6.45, 7) is 0.117. The number of carboxylic acid groups (broad SMARTS) is 1. The van der Waals surface area contributed by atoms with E-state index in [-0.39, 0.29) is 28.8 Å². The van der Waals surface area contributed by atoms with E-state index < -0.39 is 21.9 Å². The standard InChI is InChI=1S/C19H20N2O6S/c1-27-17-9-2-12(10-16(17)19(23)24)11-20-18(22)13-3-7-15(8-4-13)28(25,26)21-14-5-6-14/h2-4,7-10,14,21H,5-6,11H2,1H3,(H,20,22)(H,23,24). The van der Waals surface area contributed by atoms with Crippen LogP contribution in [0.2, 0.25) is 0 Å². The number of methoxy groups -OCH3 is 1. The van der Waals surface area contributed by atoms with Gasteiger partial charge in [-0.05, 0) is 54.8 Å². The summed E-state index contributed by atoms with van der Waals surface area (Å²) in [5.41, 5.74) is 0.906. The fourth-order valence-electron chi connectivity index (χ4n) is 2.59. The Balaban J connectivity index is 1.65. The molecule has 0 heterocycles. The lowest BCUT2D eigenvalue weighted by Crippen LogP contribution is -2.26. The Bertz CT molecular complexity index is 998. The molecule has 1 saturated carbocycles. The molecule has 2 aromatic carbocycles. The average Bonchev–Trinajstić information content (AvgIpc) is 3.49. The van der Waals surface area contributed by atoms with Gasteiger partial charge >= 0.3 is 5.97 Å². The van der Waals surface area contributed by atoms with E-state index >= 15 is 0 Å². The number of carbonyl (C=O) groups excluding carboxylic acids is 1. The van der Waals surface area contributed by atoms with Crippen molar-refractivity contribution in [2.75, 3.05) is 7.11 Å². The number of ether oxygens (including phenoxy) is 1. The van der Waals surface area contributed by atoms with Gasteiger partial charge in [0.25, 0.3) is 5.91 Å². The molecular weight excluding hydrogens is 384 g/mol. The molecule has 1 aliphatic rings. The molecule has 0 aromatic heterocycles. The first-order chi connectivity index (χ1) is 13.3. The number of benzene rings is 2. The van der Waals surface area contributed by atoms with Crippen LogP contribution < -0.4 is 14.8 Å². The Morgan fingerprint density at radius 2 is 1.82 bits per heavy atom. The Morgan fingerprint density at radius 3 is 2.39 bits per heavy atom. The van der Waals surface area contributed by atoms with Crippen molar-refractivity contribution < 1.29 is 27.9 Å². The van der Waals surface area contributed by atoms with Crippen molar-refractivity contribution in [1.82, 2.24) is 10.0 Å². The third-order valence-electron chi connectivity index (χ3n) is 4.27. The number of sulfonamides is 1. The molecule has 148 valence electrons. The number of carboxylic acids is 1. The first kappa shape index (κ1) is 19.8. The number of aromatic carboxylic acids is 1. The predicted molar refractivity (Wildman–Crippen MR) is 101 cm³/mol. The minimum Gasteiger partial charge on any atom is -0.496 e. The van der Waals surface area contributed by atoms with E-state index in [0.29, 0.717) is 11.1 Å². The Morgan fingerprint density at radius 1 is 1.14 bits per heavy atom. The van der Waals surface area contributed by atoms with E-state index in [9.17, 15) is 23.1 Å². The monoisotopic (exact) mass is 404 g/mol. The van der Waals surface area contributed by atoms with Crippen molar-refractivity contribution in [2.24, 2.45) is 0 Å². The molecule has 1 fully saturated rings. The first-order valence-electron chi connectivity index (χ1n) is 8.61. The maximum atomic E-state index is 12.3. The molecule has 28 heavy (non-hydrogen) atoms. The number of amides is 1. The third kappa shape index (κ3) is 4.68. The number of hydrogen-bond donors (Lipinski definition) is 3. The summed E-state index contributed by atoms with van der Waals surface area (Å²) >= 11 is 0. The summed E-state index contributed by atoms with van der Waals surface area (Å²) < 4.78 is 31.9. The largest absolute Gasteiger partial charge is 0.496 e. The van der Waals surface area contributed by atoms with E-state index in [0.717, 1.165) is 12.8 Å². The second kappa shape index (κ2) is 7.99. The van der Waals surface area contributed by atoms with Crippen LogP contribution in [0.3, 0.4) is 0 Å². The van der Waals surface area contributed by atoms with E-state index in [1.54, 1.807) is 6.07 Å². The normalized spacial score (nSPS) is 13.8. The molecule has 2 aromatic rings. The topological polar surface area (TPSA) is 122 Å². The van der Waals surface area contributed by atoms with Crippen LogP contribution in [0.5, 0.6) is 5.75 Å². The molecule has 1 amide bonds. The van der Waals surface area contributed by atoms with Crippen LogP contribution in [0.1, 0.15) is 39.1 Å². The van der Waals surface area contributed by atoms with Gasteiger partial charge < -0.3 is 15.2 Å². The number of hydrogen-bond acceptors (Lipinski definition) is 5. The maximum Gasteiger partial charge on any atom is 0.339 e. The van der Waals surface area contributed by atoms with Gasteiger partial charge in [-0.3, -0.25) is 4.79 Å². The molecule has 0 bridgehead atoms. The lowest BCUT2D eigenvalue weighted by atomic mass is 10.1. The molecular formula is C19H20N2O6S. The number of nitrogens with one attached hydrogen (secondary N) is 2.